The van der Waals surface area contributed by atoms with Gasteiger partial charge < -0.3 is 14.2 Å². The molecule has 0 aliphatic carbocycles. The van der Waals surface area contributed by atoms with Gasteiger partial charge >= 0.3 is 0 Å². The molecule has 0 unspecified atom stereocenters. The van der Waals surface area contributed by atoms with E-state index in [9.17, 15) is 9.18 Å². The summed E-state index contributed by atoms with van der Waals surface area (Å²) in [6.45, 7) is 3.96. The lowest BCUT2D eigenvalue weighted by molar-refractivity contribution is 0.0943. The van der Waals surface area contributed by atoms with E-state index in [1.54, 1.807) is 30.5 Å². The quantitative estimate of drug-likeness (QED) is 0.409. The van der Waals surface area contributed by atoms with E-state index in [1.165, 1.54) is 24.0 Å². The molecule has 7 heteroatoms. The number of nitrogens with one attached hydrogen (secondary N) is 1. The molecule has 1 N–H and O–H groups in total. The number of aromatic nitrogens is 1. The van der Waals surface area contributed by atoms with E-state index in [-0.39, 0.29) is 24.0 Å². The van der Waals surface area contributed by atoms with Gasteiger partial charge in [-0.15, -0.1) is 0 Å². The molecule has 0 atom stereocenters. The lowest BCUT2D eigenvalue weighted by atomic mass is 10.1. The minimum atomic E-state index is -0.333. The van der Waals surface area contributed by atoms with E-state index >= 15 is 0 Å². The number of amides is 1. The first-order valence-electron chi connectivity index (χ1n) is 10.3. The van der Waals surface area contributed by atoms with Gasteiger partial charge in [-0.2, -0.15) is 0 Å². The monoisotopic (exact) mass is 433 g/mol. The Morgan fingerprint density at radius 2 is 1.81 bits per heavy atom. The van der Waals surface area contributed by atoms with Gasteiger partial charge in [-0.3, -0.25) is 9.69 Å². The van der Waals surface area contributed by atoms with Crippen molar-refractivity contribution < 1.29 is 18.0 Å². The van der Waals surface area contributed by atoms with Crippen molar-refractivity contribution in [2.45, 2.75) is 33.1 Å². The molecule has 4 rings (SSSR count). The van der Waals surface area contributed by atoms with Crippen LogP contribution in [-0.2, 0) is 26.2 Å². The minimum Gasteiger partial charge on any atom is -0.467 e. The van der Waals surface area contributed by atoms with Gasteiger partial charge in [-0.05, 0) is 42.3 Å². The maximum atomic E-state index is 13.3. The highest BCUT2D eigenvalue weighted by Gasteiger charge is 2.16. The van der Waals surface area contributed by atoms with Crippen LogP contribution in [0.2, 0.25) is 0 Å². The van der Waals surface area contributed by atoms with Gasteiger partial charge in [0.1, 0.15) is 17.8 Å². The van der Waals surface area contributed by atoms with Crippen LogP contribution in [0.5, 0.6) is 0 Å². The Morgan fingerprint density at radius 1 is 1.00 bits per heavy atom. The predicted octanol–water partition coefficient (Wildman–Crippen LogP) is 4.85. The Labute approximate surface area is 185 Å². The minimum absolute atomic E-state index is 0.212. The second-order valence-corrected chi connectivity index (χ2v) is 7.65. The number of rotatable bonds is 9. The number of furan rings is 1. The smallest absolute Gasteiger partial charge is 0.273 e. The number of carbonyl (C=O) groups is 1. The SMILES string of the molecule is Cc1cccc(CN(Cc2ccc(F)cc2)Cc2nc(C(=O)NCc3ccco3)co2)c1. The van der Waals surface area contributed by atoms with Crippen molar-refractivity contribution in [2.24, 2.45) is 0 Å². The zero-order valence-electron chi connectivity index (χ0n) is 17.8. The summed E-state index contributed by atoms with van der Waals surface area (Å²) >= 11 is 0. The zero-order valence-corrected chi connectivity index (χ0v) is 17.8. The van der Waals surface area contributed by atoms with Crippen LogP contribution in [0.25, 0.3) is 0 Å². The number of halogens is 1. The van der Waals surface area contributed by atoms with Crippen molar-refractivity contribution in [3.8, 4) is 0 Å². The van der Waals surface area contributed by atoms with Gasteiger partial charge in [-0.1, -0.05) is 42.0 Å². The average Bonchev–Trinajstić information content (AvgIpc) is 3.46. The number of aryl methyl sites for hydroxylation is 1. The van der Waals surface area contributed by atoms with E-state index in [1.807, 2.05) is 6.07 Å². The van der Waals surface area contributed by atoms with Gasteiger partial charge in [0.25, 0.3) is 5.91 Å². The Bertz CT molecular complexity index is 1150. The fraction of sp³-hybridized carbons (Fsp3) is 0.200. The van der Waals surface area contributed by atoms with Gasteiger partial charge in [0.2, 0.25) is 5.89 Å². The van der Waals surface area contributed by atoms with Gasteiger partial charge in [0, 0.05) is 13.1 Å². The standard InChI is InChI=1S/C25H24FN3O3/c1-18-4-2-5-20(12-18)15-29(14-19-7-9-21(26)10-8-19)16-24-28-23(17-32-24)25(30)27-13-22-6-3-11-31-22/h2-12,17H,13-16H2,1H3,(H,27,30). The highest BCUT2D eigenvalue weighted by atomic mass is 19.1. The van der Waals surface area contributed by atoms with Crippen molar-refractivity contribution in [3.05, 3.63) is 113 Å². The molecule has 1 amide bonds. The van der Waals surface area contributed by atoms with Crippen molar-refractivity contribution in [3.63, 3.8) is 0 Å². The van der Waals surface area contributed by atoms with Crippen LogP contribution in [0.1, 0.15) is 38.8 Å². The third-order valence-electron chi connectivity index (χ3n) is 4.95. The molecule has 0 bridgehead atoms. The molecule has 0 fully saturated rings. The van der Waals surface area contributed by atoms with Crippen molar-refractivity contribution in [2.75, 3.05) is 0 Å². The maximum absolute atomic E-state index is 13.3. The first kappa shape index (κ1) is 21.5. The summed E-state index contributed by atoms with van der Waals surface area (Å²) < 4.78 is 24.1. The van der Waals surface area contributed by atoms with Crippen LogP contribution in [0.3, 0.4) is 0 Å². The van der Waals surface area contributed by atoms with Gasteiger partial charge in [0.15, 0.2) is 5.69 Å². The van der Waals surface area contributed by atoms with Crippen LogP contribution in [0, 0.1) is 12.7 Å². The number of carbonyl (C=O) groups excluding carboxylic acids is 1. The highest BCUT2D eigenvalue weighted by Crippen LogP contribution is 2.16. The number of oxazole rings is 1. The first-order valence-corrected chi connectivity index (χ1v) is 10.3. The predicted molar refractivity (Wildman–Crippen MR) is 117 cm³/mol. The number of benzene rings is 2. The molecular formula is C25H24FN3O3. The normalized spacial score (nSPS) is 11.1. The van der Waals surface area contributed by atoms with Gasteiger partial charge in [0.05, 0.1) is 19.4 Å². The van der Waals surface area contributed by atoms with E-state index in [0.717, 1.165) is 11.1 Å². The lowest BCUT2D eigenvalue weighted by Crippen LogP contribution is -2.24. The lowest BCUT2D eigenvalue weighted by Gasteiger charge is -2.21. The molecule has 2 aromatic carbocycles. The molecule has 0 radical (unpaired) electrons. The molecule has 164 valence electrons. The van der Waals surface area contributed by atoms with Crippen LogP contribution in [0.4, 0.5) is 4.39 Å². The molecule has 4 aromatic rings. The molecular weight excluding hydrogens is 409 g/mol. The van der Waals surface area contributed by atoms with Crippen LogP contribution in [0.15, 0.2) is 82.0 Å². The number of hydrogen-bond acceptors (Lipinski definition) is 5. The van der Waals surface area contributed by atoms with Crippen LogP contribution >= 0.6 is 0 Å². The molecule has 0 aliphatic rings. The highest BCUT2D eigenvalue weighted by molar-refractivity contribution is 5.91. The molecule has 2 heterocycles. The summed E-state index contributed by atoms with van der Waals surface area (Å²) in [6, 6.07) is 18.2. The van der Waals surface area contributed by atoms with E-state index < -0.39 is 0 Å². The topological polar surface area (TPSA) is 71.5 Å². The maximum Gasteiger partial charge on any atom is 0.273 e. The molecule has 6 nitrogen and oxygen atoms in total. The molecule has 0 saturated heterocycles. The van der Waals surface area contributed by atoms with Crippen LogP contribution < -0.4 is 5.32 Å². The van der Waals surface area contributed by atoms with Crippen molar-refractivity contribution in [1.29, 1.82) is 0 Å². The molecule has 0 saturated carbocycles. The molecule has 32 heavy (non-hydrogen) atoms. The fourth-order valence-electron chi connectivity index (χ4n) is 3.43. The Hall–Kier alpha value is -3.71. The number of hydrogen-bond donors (Lipinski definition) is 1. The largest absolute Gasteiger partial charge is 0.467 e. The summed E-state index contributed by atoms with van der Waals surface area (Å²) in [4.78, 5) is 18.9. The summed E-state index contributed by atoms with van der Waals surface area (Å²) in [7, 11) is 0. The van der Waals surface area contributed by atoms with E-state index in [2.05, 4.69) is 40.3 Å². The third-order valence-corrected chi connectivity index (χ3v) is 4.95. The molecule has 0 spiro atoms. The summed E-state index contributed by atoms with van der Waals surface area (Å²) in [6.07, 6.45) is 2.91. The average molecular weight is 433 g/mol. The van der Waals surface area contributed by atoms with Crippen molar-refractivity contribution in [1.82, 2.24) is 15.2 Å². The second-order valence-electron chi connectivity index (χ2n) is 7.65. The second kappa shape index (κ2) is 10.1. The van der Waals surface area contributed by atoms with Crippen molar-refractivity contribution >= 4 is 5.91 Å². The number of nitrogens with zero attached hydrogens (tertiary/aromatic N) is 2. The van der Waals surface area contributed by atoms with E-state index in [0.29, 0.717) is 31.3 Å². The van der Waals surface area contributed by atoms with Crippen LogP contribution in [-0.4, -0.2) is 15.8 Å². The van der Waals surface area contributed by atoms with Gasteiger partial charge in [-0.25, -0.2) is 9.37 Å². The molecule has 2 aromatic heterocycles. The molecule has 0 aliphatic heterocycles. The van der Waals surface area contributed by atoms with E-state index in [4.69, 9.17) is 8.83 Å². The Morgan fingerprint density at radius 3 is 2.56 bits per heavy atom. The fourth-order valence-corrected chi connectivity index (χ4v) is 3.43. The summed E-state index contributed by atoms with van der Waals surface area (Å²) in [5, 5.41) is 2.75. The zero-order chi connectivity index (χ0) is 22.3. The Kier molecular flexibility index (Phi) is 6.77. The Balaban J connectivity index is 1.45. The summed E-state index contributed by atoms with van der Waals surface area (Å²) in [5.74, 6) is 0.491. The third kappa shape index (κ3) is 5.92. The summed E-state index contributed by atoms with van der Waals surface area (Å²) in [5.41, 5.74) is 3.51. The first-order chi connectivity index (χ1) is 15.5.